The van der Waals surface area contributed by atoms with Gasteiger partial charge in [-0.25, -0.2) is 13.6 Å². The molecule has 0 aliphatic heterocycles. The Bertz CT molecular complexity index is 363. The second-order valence-corrected chi connectivity index (χ2v) is 2.63. The van der Waals surface area contributed by atoms with E-state index in [9.17, 15) is 13.6 Å². The van der Waals surface area contributed by atoms with Crippen LogP contribution in [0.15, 0.2) is 12.1 Å². The monoisotopic (exact) mass is 202 g/mol. The molecule has 0 radical (unpaired) electrons. The topological polar surface area (TPSA) is 46.5 Å². The van der Waals surface area contributed by atoms with E-state index in [0.29, 0.717) is 0 Å². The van der Waals surface area contributed by atoms with Crippen molar-refractivity contribution in [2.45, 2.75) is 6.61 Å². The summed E-state index contributed by atoms with van der Waals surface area (Å²) in [5.41, 5.74) is -0.925. The largest absolute Gasteiger partial charge is 0.477 e. The van der Waals surface area contributed by atoms with Crippen molar-refractivity contribution in [3.05, 3.63) is 34.9 Å². The number of hydrogen-bond donors (Lipinski definition) is 1. The molecular formula is C9H8F2O3. The third-order valence-electron chi connectivity index (χ3n) is 1.68. The van der Waals surface area contributed by atoms with Gasteiger partial charge in [-0.1, -0.05) is 6.07 Å². The van der Waals surface area contributed by atoms with Crippen LogP contribution >= 0.6 is 0 Å². The first kappa shape index (κ1) is 10.6. The quantitative estimate of drug-likeness (QED) is 0.813. The summed E-state index contributed by atoms with van der Waals surface area (Å²) in [5, 5.41) is 8.52. The Kier molecular flexibility index (Phi) is 3.14. The molecule has 3 nitrogen and oxygen atoms in total. The Balaban J connectivity index is 3.26. The number of hydrogen-bond acceptors (Lipinski definition) is 2. The first-order valence-electron chi connectivity index (χ1n) is 3.77. The lowest BCUT2D eigenvalue weighted by molar-refractivity contribution is 0.0685. The van der Waals surface area contributed by atoms with E-state index in [1.54, 1.807) is 0 Å². The van der Waals surface area contributed by atoms with Crippen molar-refractivity contribution in [1.82, 2.24) is 0 Å². The summed E-state index contributed by atoms with van der Waals surface area (Å²) in [4.78, 5) is 10.5. The number of carboxylic acid groups (broad SMARTS) is 1. The highest BCUT2D eigenvalue weighted by molar-refractivity contribution is 5.88. The number of carboxylic acids is 1. The summed E-state index contributed by atoms with van der Waals surface area (Å²) in [7, 11) is 1.34. The Labute approximate surface area is 78.9 Å². The maximum atomic E-state index is 13.3. The highest BCUT2D eigenvalue weighted by Gasteiger charge is 2.19. The zero-order chi connectivity index (χ0) is 10.7. The molecule has 0 saturated heterocycles. The van der Waals surface area contributed by atoms with Gasteiger partial charge in [-0.2, -0.15) is 0 Å². The fourth-order valence-corrected chi connectivity index (χ4v) is 1.06. The van der Waals surface area contributed by atoms with E-state index in [4.69, 9.17) is 5.11 Å². The molecule has 14 heavy (non-hydrogen) atoms. The lowest BCUT2D eigenvalue weighted by Crippen LogP contribution is -2.07. The average Bonchev–Trinajstić information content (AvgIpc) is 2.10. The summed E-state index contributed by atoms with van der Waals surface area (Å²) in [6.45, 7) is -0.0909. The van der Waals surface area contributed by atoms with Crippen LogP contribution in [0.4, 0.5) is 8.78 Å². The van der Waals surface area contributed by atoms with E-state index in [1.165, 1.54) is 7.11 Å². The number of carbonyl (C=O) groups is 1. The first-order chi connectivity index (χ1) is 6.57. The molecule has 0 aliphatic carbocycles. The van der Waals surface area contributed by atoms with Crippen molar-refractivity contribution >= 4 is 5.97 Å². The number of ether oxygens (including phenoxy) is 1. The fourth-order valence-electron chi connectivity index (χ4n) is 1.06. The maximum absolute atomic E-state index is 13.3. The van der Waals surface area contributed by atoms with Gasteiger partial charge in [0.25, 0.3) is 0 Å². The van der Waals surface area contributed by atoms with Crippen LogP contribution in [0.5, 0.6) is 0 Å². The van der Waals surface area contributed by atoms with Crippen molar-refractivity contribution in [3.8, 4) is 0 Å². The smallest absolute Gasteiger partial charge is 0.341 e. The third kappa shape index (κ3) is 1.88. The van der Waals surface area contributed by atoms with Crippen molar-refractivity contribution in [3.63, 3.8) is 0 Å². The van der Waals surface area contributed by atoms with Crippen molar-refractivity contribution in [2.75, 3.05) is 7.11 Å². The van der Waals surface area contributed by atoms with Crippen molar-refractivity contribution < 1.29 is 23.4 Å². The van der Waals surface area contributed by atoms with Crippen LogP contribution in [0.1, 0.15) is 15.9 Å². The van der Waals surface area contributed by atoms with Gasteiger partial charge in [-0.15, -0.1) is 0 Å². The molecule has 0 bridgehead atoms. The van der Waals surface area contributed by atoms with Crippen LogP contribution in [0, 0.1) is 11.6 Å². The van der Waals surface area contributed by atoms with Crippen LogP contribution < -0.4 is 0 Å². The predicted molar refractivity (Wildman–Crippen MR) is 44.0 cm³/mol. The first-order valence-corrected chi connectivity index (χ1v) is 3.77. The molecule has 5 heteroatoms. The SMILES string of the molecule is COCc1ccc(F)c(C(=O)O)c1F. The van der Waals surface area contributed by atoms with Crippen molar-refractivity contribution in [1.29, 1.82) is 0 Å². The number of aromatic carboxylic acids is 1. The van der Waals surface area contributed by atoms with Crippen molar-refractivity contribution in [2.24, 2.45) is 0 Å². The molecule has 0 amide bonds. The summed E-state index contributed by atoms with van der Waals surface area (Å²) >= 11 is 0. The molecule has 1 N–H and O–H groups in total. The Morgan fingerprint density at radius 2 is 2.14 bits per heavy atom. The molecular weight excluding hydrogens is 194 g/mol. The minimum atomic E-state index is -1.63. The molecule has 0 unspecified atom stereocenters. The van der Waals surface area contributed by atoms with Gasteiger partial charge in [0.15, 0.2) is 0 Å². The lowest BCUT2D eigenvalue weighted by Gasteiger charge is -2.05. The van der Waals surface area contributed by atoms with Gasteiger partial charge in [-0.3, -0.25) is 0 Å². The zero-order valence-corrected chi connectivity index (χ0v) is 7.38. The number of rotatable bonds is 3. The van der Waals surface area contributed by atoms with E-state index in [1.807, 2.05) is 0 Å². The van der Waals surface area contributed by atoms with E-state index in [0.717, 1.165) is 12.1 Å². The van der Waals surface area contributed by atoms with E-state index in [2.05, 4.69) is 4.74 Å². The van der Waals surface area contributed by atoms with E-state index >= 15 is 0 Å². The lowest BCUT2D eigenvalue weighted by atomic mass is 10.1. The van der Waals surface area contributed by atoms with Gasteiger partial charge >= 0.3 is 5.97 Å². The molecule has 0 aliphatic rings. The summed E-state index contributed by atoms with van der Waals surface area (Å²) in [6, 6.07) is 2.06. The molecule has 0 aromatic heterocycles. The predicted octanol–water partition coefficient (Wildman–Crippen LogP) is 1.81. The molecule has 1 aromatic rings. The molecule has 0 heterocycles. The third-order valence-corrected chi connectivity index (χ3v) is 1.68. The normalized spacial score (nSPS) is 10.2. The van der Waals surface area contributed by atoms with Crippen LogP contribution in [-0.4, -0.2) is 18.2 Å². The van der Waals surface area contributed by atoms with Crippen LogP contribution in [0.25, 0.3) is 0 Å². The molecule has 0 saturated carbocycles. The van der Waals surface area contributed by atoms with Gasteiger partial charge in [-0.05, 0) is 6.07 Å². The minimum Gasteiger partial charge on any atom is -0.477 e. The highest BCUT2D eigenvalue weighted by Crippen LogP contribution is 2.17. The van der Waals surface area contributed by atoms with E-state index in [-0.39, 0.29) is 12.2 Å². The van der Waals surface area contributed by atoms with Crippen LogP contribution in [0.3, 0.4) is 0 Å². The van der Waals surface area contributed by atoms with E-state index < -0.39 is 23.2 Å². The Morgan fingerprint density at radius 1 is 1.50 bits per heavy atom. The number of methoxy groups -OCH3 is 1. The van der Waals surface area contributed by atoms with Gasteiger partial charge in [0.2, 0.25) is 0 Å². The highest BCUT2D eigenvalue weighted by atomic mass is 19.1. The molecule has 1 rings (SSSR count). The number of benzene rings is 1. The summed E-state index contributed by atoms with van der Waals surface area (Å²) in [6.07, 6.45) is 0. The molecule has 1 aromatic carbocycles. The maximum Gasteiger partial charge on any atom is 0.341 e. The zero-order valence-electron chi connectivity index (χ0n) is 7.38. The summed E-state index contributed by atoms with van der Waals surface area (Å²) < 4.78 is 30.8. The Morgan fingerprint density at radius 3 is 2.64 bits per heavy atom. The van der Waals surface area contributed by atoms with Gasteiger partial charge < -0.3 is 9.84 Å². The van der Waals surface area contributed by atoms with Gasteiger partial charge in [0.05, 0.1) is 6.61 Å². The molecule has 76 valence electrons. The average molecular weight is 202 g/mol. The minimum absolute atomic E-state index is 0.0197. The second-order valence-electron chi connectivity index (χ2n) is 2.63. The second kappa shape index (κ2) is 4.15. The number of halogens is 2. The standard InChI is InChI=1S/C9H8F2O3/c1-14-4-5-2-3-6(10)7(8(5)11)9(12)13/h2-3H,4H2,1H3,(H,12,13). The molecule has 0 fully saturated rings. The fraction of sp³-hybridized carbons (Fsp3) is 0.222. The van der Waals surface area contributed by atoms with Crippen LogP contribution in [-0.2, 0) is 11.3 Å². The van der Waals surface area contributed by atoms with Crippen LogP contribution in [0.2, 0.25) is 0 Å². The molecule has 0 spiro atoms. The molecule has 0 atom stereocenters. The van der Waals surface area contributed by atoms with Gasteiger partial charge in [0, 0.05) is 12.7 Å². The summed E-state index contributed by atoms with van der Waals surface area (Å²) in [5.74, 6) is -3.80. The van der Waals surface area contributed by atoms with Gasteiger partial charge in [0.1, 0.15) is 17.2 Å². The Hall–Kier alpha value is -1.49.